The van der Waals surface area contributed by atoms with E-state index in [4.69, 9.17) is 11.6 Å². The third kappa shape index (κ3) is 2.44. The van der Waals surface area contributed by atoms with Crippen LogP contribution < -0.4 is 16.2 Å². The van der Waals surface area contributed by atoms with Crippen LogP contribution in [-0.4, -0.2) is 0 Å². The molecule has 0 aliphatic rings. The number of rotatable bonds is 3. The topological polar surface area (TPSA) is 46.2 Å². The number of anilines is 2. The van der Waals surface area contributed by atoms with Crippen LogP contribution in [-0.2, 0) is 0 Å². The summed E-state index contributed by atoms with van der Waals surface area (Å²) >= 11 is 5.86. The minimum Gasteiger partial charge on any atom is -0.352 e. The van der Waals surface area contributed by atoms with E-state index in [1.54, 1.807) is 24.3 Å². The van der Waals surface area contributed by atoms with Crippen molar-refractivity contribution in [3.05, 3.63) is 79.1 Å². The normalized spacial score (nSPS) is 10.9. The van der Waals surface area contributed by atoms with Crippen molar-refractivity contribution in [2.75, 3.05) is 5.32 Å². The Bertz CT molecular complexity index is 919. The molecule has 4 heteroatoms. The minimum absolute atomic E-state index is 0.343. The molecule has 3 nitrogen and oxygen atoms in total. The van der Waals surface area contributed by atoms with Gasteiger partial charge in [0.2, 0.25) is 5.43 Å². The maximum absolute atomic E-state index is 11.9. The molecule has 0 saturated carbocycles. The number of hydrogen-bond acceptors (Lipinski definition) is 3. The predicted octanol–water partition coefficient (Wildman–Crippen LogP) is 3.96. The zero-order chi connectivity index (χ0) is 15.9. The molecule has 0 aromatic heterocycles. The van der Waals surface area contributed by atoms with E-state index in [1.165, 1.54) is 5.56 Å². The lowest BCUT2D eigenvalue weighted by molar-refractivity contribution is 1.32. The lowest BCUT2D eigenvalue weighted by atomic mass is 9.98. The highest BCUT2D eigenvalue weighted by atomic mass is 35.5. The smallest absolute Gasteiger partial charge is 0.250 e. The fourth-order valence-electron chi connectivity index (χ4n) is 2.37. The summed E-state index contributed by atoms with van der Waals surface area (Å²) in [5.41, 5.74) is 3.60. The van der Waals surface area contributed by atoms with Crippen LogP contribution in [0.5, 0.6) is 0 Å². The van der Waals surface area contributed by atoms with Crippen LogP contribution in [0.25, 0.3) is 11.1 Å². The molecule has 0 aliphatic carbocycles. The van der Waals surface area contributed by atoms with Gasteiger partial charge < -0.3 is 5.32 Å². The Hall–Kier alpha value is -2.39. The molecule has 0 amide bonds. The summed E-state index contributed by atoms with van der Waals surface area (Å²) in [6.45, 7) is 4.03. The average molecular weight is 312 g/mol. The quantitative estimate of drug-likeness (QED) is 0.745. The molecule has 0 spiro atoms. The van der Waals surface area contributed by atoms with Gasteiger partial charge in [-0.2, -0.15) is 0 Å². The SMILES string of the molecule is Cc1ccc(Nc2c(-c3ccc(Cl)cc3)c(=O)c2=O)cc1C. The summed E-state index contributed by atoms with van der Waals surface area (Å²) in [5, 5.41) is 3.66. The second kappa shape index (κ2) is 5.43. The molecule has 1 N–H and O–H groups in total. The van der Waals surface area contributed by atoms with E-state index in [2.05, 4.69) is 5.32 Å². The first kappa shape index (κ1) is 14.5. The zero-order valence-corrected chi connectivity index (χ0v) is 13.0. The van der Waals surface area contributed by atoms with Gasteiger partial charge in [0.05, 0.1) is 5.56 Å². The van der Waals surface area contributed by atoms with Gasteiger partial charge in [0.25, 0.3) is 5.43 Å². The molecular formula is C18H14ClNO2. The van der Waals surface area contributed by atoms with Crippen LogP contribution in [0, 0.1) is 13.8 Å². The van der Waals surface area contributed by atoms with Crippen LogP contribution in [0.4, 0.5) is 11.4 Å². The third-order valence-corrected chi connectivity index (χ3v) is 4.07. The molecule has 3 aromatic carbocycles. The van der Waals surface area contributed by atoms with Crippen LogP contribution >= 0.6 is 11.6 Å². The highest BCUT2D eigenvalue weighted by Crippen LogP contribution is 2.28. The van der Waals surface area contributed by atoms with Gasteiger partial charge in [-0.15, -0.1) is 0 Å². The second-order valence-corrected chi connectivity index (χ2v) is 5.78. The van der Waals surface area contributed by atoms with Crippen molar-refractivity contribution in [3.8, 4) is 11.1 Å². The Morgan fingerprint density at radius 2 is 1.55 bits per heavy atom. The molecule has 22 heavy (non-hydrogen) atoms. The van der Waals surface area contributed by atoms with Gasteiger partial charge in [-0.05, 0) is 54.8 Å². The number of halogens is 1. The highest BCUT2D eigenvalue weighted by molar-refractivity contribution is 6.30. The van der Waals surface area contributed by atoms with Crippen molar-refractivity contribution in [3.63, 3.8) is 0 Å². The van der Waals surface area contributed by atoms with Gasteiger partial charge in [0.1, 0.15) is 5.69 Å². The van der Waals surface area contributed by atoms with Crippen LogP contribution in [0.3, 0.4) is 0 Å². The first-order valence-corrected chi connectivity index (χ1v) is 7.28. The third-order valence-electron chi connectivity index (χ3n) is 3.82. The van der Waals surface area contributed by atoms with Gasteiger partial charge in [-0.1, -0.05) is 29.8 Å². The number of nitrogens with one attached hydrogen (secondary N) is 1. The Morgan fingerprint density at radius 3 is 2.18 bits per heavy atom. The van der Waals surface area contributed by atoms with Crippen molar-refractivity contribution >= 4 is 23.0 Å². The van der Waals surface area contributed by atoms with E-state index in [-0.39, 0.29) is 0 Å². The molecule has 3 rings (SSSR count). The lowest BCUT2D eigenvalue weighted by Crippen LogP contribution is -2.35. The minimum atomic E-state index is -0.483. The van der Waals surface area contributed by atoms with Crippen LogP contribution in [0.2, 0.25) is 5.02 Å². The average Bonchev–Trinajstić information content (AvgIpc) is 2.51. The van der Waals surface area contributed by atoms with E-state index in [9.17, 15) is 9.59 Å². The van der Waals surface area contributed by atoms with Gasteiger partial charge in [0, 0.05) is 10.7 Å². The highest BCUT2D eigenvalue weighted by Gasteiger charge is 2.22. The molecule has 0 fully saturated rings. The molecule has 3 aromatic rings. The molecule has 110 valence electrons. The summed E-state index contributed by atoms with van der Waals surface area (Å²) in [5.74, 6) is 0. The number of benzene rings is 2. The van der Waals surface area contributed by atoms with Crippen molar-refractivity contribution in [2.45, 2.75) is 13.8 Å². The van der Waals surface area contributed by atoms with Gasteiger partial charge in [0.15, 0.2) is 0 Å². The summed E-state index contributed by atoms with van der Waals surface area (Å²) in [4.78, 5) is 23.8. The summed E-state index contributed by atoms with van der Waals surface area (Å²) in [6, 6.07) is 12.7. The van der Waals surface area contributed by atoms with E-state index in [1.807, 2.05) is 32.0 Å². The molecule has 0 saturated heterocycles. The molecule has 0 heterocycles. The maximum Gasteiger partial charge on any atom is 0.250 e. The Morgan fingerprint density at radius 1 is 0.864 bits per heavy atom. The molecule has 0 unspecified atom stereocenters. The molecule has 0 aliphatic heterocycles. The Balaban J connectivity index is 2.00. The second-order valence-electron chi connectivity index (χ2n) is 5.34. The zero-order valence-electron chi connectivity index (χ0n) is 12.2. The van der Waals surface area contributed by atoms with Crippen molar-refractivity contribution in [1.29, 1.82) is 0 Å². The Labute approximate surface area is 132 Å². The first-order valence-electron chi connectivity index (χ1n) is 6.91. The predicted molar refractivity (Wildman–Crippen MR) is 91.0 cm³/mol. The van der Waals surface area contributed by atoms with E-state index >= 15 is 0 Å². The van der Waals surface area contributed by atoms with Crippen LogP contribution in [0.15, 0.2) is 52.1 Å². The van der Waals surface area contributed by atoms with Crippen molar-refractivity contribution in [1.82, 2.24) is 0 Å². The van der Waals surface area contributed by atoms with Crippen LogP contribution in [0.1, 0.15) is 11.1 Å². The molecule has 0 atom stereocenters. The summed E-state index contributed by atoms with van der Waals surface area (Å²) in [7, 11) is 0. The van der Waals surface area contributed by atoms with E-state index < -0.39 is 10.9 Å². The molecule has 0 radical (unpaired) electrons. The fraction of sp³-hybridized carbons (Fsp3) is 0.111. The van der Waals surface area contributed by atoms with E-state index in [0.29, 0.717) is 21.8 Å². The van der Waals surface area contributed by atoms with Gasteiger partial charge in [-0.3, -0.25) is 9.59 Å². The number of aryl methyl sites for hydroxylation is 2. The van der Waals surface area contributed by atoms with E-state index in [0.717, 1.165) is 11.3 Å². The first-order chi connectivity index (χ1) is 10.5. The maximum atomic E-state index is 11.9. The lowest BCUT2D eigenvalue weighted by Gasteiger charge is -2.14. The largest absolute Gasteiger partial charge is 0.352 e. The Kier molecular flexibility index (Phi) is 3.59. The van der Waals surface area contributed by atoms with Gasteiger partial charge >= 0.3 is 0 Å². The monoisotopic (exact) mass is 311 g/mol. The number of hydrogen-bond donors (Lipinski definition) is 1. The van der Waals surface area contributed by atoms with Crippen molar-refractivity contribution < 1.29 is 0 Å². The fourth-order valence-corrected chi connectivity index (χ4v) is 2.49. The molecular weight excluding hydrogens is 298 g/mol. The standard InChI is InChI=1S/C18H14ClNO2/c1-10-3-8-14(9-11(10)2)20-16-15(17(21)18(16)22)12-4-6-13(19)7-5-12/h3-9,20H,1-2H3. The summed E-state index contributed by atoms with van der Waals surface area (Å²) < 4.78 is 0. The summed E-state index contributed by atoms with van der Waals surface area (Å²) in [6.07, 6.45) is 0. The van der Waals surface area contributed by atoms with Gasteiger partial charge in [-0.25, -0.2) is 0 Å². The van der Waals surface area contributed by atoms with Crippen molar-refractivity contribution in [2.24, 2.45) is 0 Å². The molecule has 0 bridgehead atoms.